The minimum atomic E-state index is -0.0235. The molecule has 0 N–H and O–H groups in total. The average Bonchev–Trinajstić information content (AvgIpc) is 2.54. The molecule has 0 aliphatic rings. The molecule has 0 spiro atoms. The third kappa shape index (κ3) is 1.85. The number of hydrogen-bond acceptors (Lipinski definition) is 4. The van der Waals surface area contributed by atoms with Gasteiger partial charge in [0.25, 0.3) is 5.56 Å². The van der Waals surface area contributed by atoms with Gasteiger partial charge in [-0.05, 0) is 26.3 Å². The second kappa shape index (κ2) is 4.30. The first-order valence-corrected chi connectivity index (χ1v) is 6.22. The summed E-state index contributed by atoms with van der Waals surface area (Å²) in [5.74, 6) is 0.680. The average molecular weight is 247 g/mol. The summed E-state index contributed by atoms with van der Waals surface area (Å²) in [4.78, 5) is 18.7. The smallest absolute Gasteiger partial charge is 0.262 e. The van der Waals surface area contributed by atoms with Crippen molar-refractivity contribution in [2.24, 2.45) is 0 Å². The summed E-state index contributed by atoms with van der Waals surface area (Å²) in [5, 5.41) is 9.30. The predicted molar refractivity (Wildman–Crippen MR) is 68.3 cm³/mol. The third-order valence-electron chi connectivity index (χ3n) is 2.93. The molecule has 2 aromatic rings. The first kappa shape index (κ1) is 11.8. The lowest BCUT2D eigenvalue weighted by Gasteiger charge is -2.06. The number of nitriles is 1. The fourth-order valence-corrected chi connectivity index (χ4v) is 2.92. The highest BCUT2D eigenvalue weighted by atomic mass is 32.1. The molecule has 88 valence electrons. The normalized spacial score (nSPS) is 10.7. The third-order valence-corrected chi connectivity index (χ3v) is 4.03. The van der Waals surface area contributed by atoms with Crippen molar-refractivity contribution in [3.8, 4) is 6.07 Å². The van der Waals surface area contributed by atoms with Gasteiger partial charge in [-0.3, -0.25) is 9.36 Å². The molecule has 0 atom stereocenters. The van der Waals surface area contributed by atoms with Gasteiger partial charge in [0.05, 0.1) is 17.9 Å². The summed E-state index contributed by atoms with van der Waals surface area (Å²) in [6.07, 6.45) is 0.329. The van der Waals surface area contributed by atoms with Gasteiger partial charge in [-0.25, -0.2) is 4.98 Å². The largest absolute Gasteiger partial charge is 0.295 e. The van der Waals surface area contributed by atoms with Crippen LogP contribution in [0.1, 0.15) is 22.7 Å². The molecule has 0 aliphatic heterocycles. The van der Waals surface area contributed by atoms with Gasteiger partial charge in [0.15, 0.2) is 0 Å². The Kier molecular flexibility index (Phi) is 2.99. The van der Waals surface area contributed by atoms with Crippen LogP contribution >= 0.6 is 11.3 Å². The quantitative estimate of drug-likeness (QED) is 0.818. The van der Waals surface area contributed by atoms with Crippen LogP contribution in [0, 0.1) is 32.1 Å². The van der Waals surface area contributed by atoms with Gasteiger partial charge < -0.3 is 0 Å². The maximum absolute atomic E-state index is 12.3. The Morgan fingerprint density at radius 2 is 2.12 bits per heavy atom. The van der Waals surface area contributed by atoms with Gasteiger partial charge in [-0.15, -0.1) is 11.3 Å². The van der Waals surface area contributed by atoms with Crippen molar-refractivity contribution in [3.05, 3.63) is 26.6 Å². The van der Waals surface area contributed by atoms with Gasteiger partial charge in [0.2, 0.25) is 0 Å². The fourth-order valence-electron chi connectivity index (χ4n) is 1.85. The Morgan fingerprint density at radius 1 is 1.41 bits per heavy atom. The van der Waals surface area contributed by atoms with Crippen molar-refractivity contribution in [1.82, 2.24) is 9.55 Å². The first-order valence-electron chi connectivity index (χ1n) is 5.40. The molecule has 0 fully saturated rings. The van der Waals surface area contributed by atoms with E-state index in [0.717, 1.165) is 15.3 Å². The van der Waals surface area contributed by atoms with Crippen LogP contribution in [0.15, 0.2) is 4.79 Å². The van der Waals surface area contributed by atoms with Crippen LogP contribution < -0.4 is 5.56 Å². The van der Waals surface area contributed by atoms with Crippen LogP contribution in [-0.4, -0.2) is 9.55 Å². The molecule has 17 heavy (non-hydrogen) atoms. The number of nitrogens with zero attached hydrogens (tertiary/aromatic N) is 3. The lowest BCUT2D eigenvalue weighted by atomic mass is 10.2. The number of thiophene rings is 1. The standard InChI is InChI=1S/C12H13N3OS/c1-7-8(2)17-11-10(7)12(16)15(6-4-5-13)9(3)14-11/h4,6H2,1-3H3. The Bertz CT molecular complexity index is 676. The van der Waals surface area contributed by atoms with Crippen molar-refractivity contribution in [2.75, 3.05) is 0 Å². The highest BCUT2D eigenvalue weighted by Gasteiger charge is 2.13. The Balaban J connectivity index is 2.75. The lowest BCUT2D eigenvalue weighted by Crippen LogP contribution is -2.23. The Morgan fingerprint density at radius 3 is 2.76 bits per heavy atom. The summed E-state index contributed by atoms with van der Waals surface area (Å²) < 4.78 is 1.59. The van der Waals surface area contributed by atoms with Crippen molar-refractivity contribution in [3.63, 3.8) is 0 Å². The van der Waals surface area contributed by atoms with Crippen LogP contribution in [0.2, 0.25) is 0 Å². The summed E-state index contributed by atoms with van der Waals surface area (Å²) in [6, 6.07) is 2.05. The molecule has 5 heteroatoms. The van der Waals surface area contributed by atoms with Crippen molar-refractivity contribution in [2.45, 2.75) is 33.7 Å². The van der Waals surface area contributed by atoms with Crippen molar-refractivity contribution >= 4 is 21.6 Å². The molecule has 0 radical (unpaired) electrons. The van der Waals surface area contributed by atoms with E-state index in [0.29, 0.717) is 24.2 Å². The summed E-state index contributed by atoms with van der Waals surface area (Å²) in [5.41, 5.74) is 0.984. The molecular weight excluding hydrogens is 234 g/mol. The second-order valence-corrected chi connectivity index (χ2v) is 5.19. The first-order chi connectivity index (χ1) is 8.06. The molecule has 2 rings (SSSR count). The van der Waals surface area contributed by atoms with E-state index in [1.807, 2.05) is 20.8 Å². The number of fused-ring (bicyclic) bond motifs is 1. The van der Waals surface area contributed by atoms with Crippen LogP contribution in [0.5, 0.6) is 0 Å². The van der Waals surface area contributed by atoms with Crippen molar-refractivity contribution < 1.29 is 0 Å². The van der Waals surface area contributed by atoms with Gasteiger partial charge in [-0.1, -0.05) is 0 Å². The van der Waals surface area contributed by atoms with E-state index >= 15 is 0 Å². The van der Waals surface area contributed by atoms with Crippen LogP contribution in [-0.2, 0) is 6.54 Å². The van der Waals surface area contributed by atoms with E-state index in [4.69, 9.17) is 5.26 Å². The molecule has 0 amide bonds. The zero-order chi connectivity index (χ0) is 12.6. The van der Waals surface area contributed by atoms with E-state index < -0.39 is 0 Å². The summed E-state index contributed by atoms with van der Waals surface area (Å²) >= 11 is 1.55. The van der Waals surface area contributed by atoms with E-state index in [1.54, 1.807) is 15.9 Å². The molecule has 0 bridgehead atoms. The molecule has 4 nitrogen and oxygen atoms in total. The maximum atomic E-state index is 12.3. The van der Waals surface area contributed by atoms with Gasteiger partial charge in [-0.2, -0.15) is 5.26 Å². The Labute approximate surface area is 103 Å². The Hall–Kier alpha value is -1.67. The molecule has 2 aromatic heterocycles. The molecular formula is C12H13N3OS. The zero-order valence-corrected chi connectivity index (χ0v) is 10.9. The number of rotatable bonds is 2. The topological polar surface area (TPSA) is 58.7 Å². The van der Waals surface area contributed by atoms with E-state index in [9.17, 15) is 4.79 Å². The SMILES string of the molecule is Cc1sc2nc(C)n(CCC#N)c(=O)c2c1C. The predicted octanol–water partition coefficient (Wildman–Crippen LogP) is 2.30. The molecule has 0 aliphatic carbocycles. The van der Waals surface area contributed by atoms with E-state index in [2.05, 4.69) is 11.1 Å². The molecule has 0 aromatic carbocycles. The number of hydrogen-bond donors (Lipinski definition) is 0. The summed E-state index contributed by atoms with van der Waals surface area (Å²) in [6.45, 7) is 6.17. The molecule has 2 heterocycles. The monoisotopic (exact) mass is 247 g/mol. The van der Waals surface area contributed by atoms with E-state index in [1.165, 1.54) is 0 Å². The fraction of sp³-hybridized carbons (Fsp3) is 0.417. The molecule has 0 unspecified atom stereocenters. The van der Waals surface area contributed by atoms with Crippen LogP contribution in [0.3, 0.4) is 0 Å². The van der Waals surface area contributed by atoms with Gasteiger partial charge >= 0.3 is 0 Å². The molecule has 0 saturated carbocycles. The lowest BCUT2D eigenvalue weighted by molar-refractivity contribution is 0.652. The van der Waals surface area contributed by atoms with Crippen LogP contribution in [0.25, 0.3) is 10.2 Å². The molecule has 0 saturated heterocycles. The maximum Gasteiger partial charge on any atom is 0.262 e. The van der Waals surface area contributed by atoms with E-state index in [-0.39, 0.29) is 5.56 Å². The number of aromatic nitrogens is 2. The number of aryl methyl sites for hydroxylation is 3. The summed E-state index contributed by atoms with van der Waals surface area (Å²) in [7, 11) is 0. The van der Waals surface area contributed by atoms with Crippen LogP contribution in [0.4, 0.5) is 0 Å². The zero-order valence-electron chi connectivity index (χ0n) is 10.1. The van der Waals surface area contributed by atoms with Gasteiger partial charge in [0.1, 0.15) is 10.7 Å². The minimum absolute atomic E-state index is 0.0235. The van der Waals surface area contributed by atoms with Crippen molar-refractivity contribution in [1.29, 1.82) is 5.26 Å². The minimum Gasteiger partial charge on any atom is -0.295 e. The second-order valence-electron chi connectivity index (χ2n) is 3.99. The van der Waals surface area contributed by atoms with Gasteiger partial charge in [0, 0.05) is 11.4 Å². The highest BCUT2D eigenvalue weighted by Crippen LogP contribution is 2.26. The highest BCUT2D eigenvalue weighted by molar-refractivity contribution is 7.18.